The Balaban J connectivity index is 1.73. The molecule has 0 unspecified atom stereocenters. The number of nitrogens with zero attached hydrogens (tertiary/aromatic N) is 1. The van der Waals surface area contributed by atoms with E-state index in [1.165, 1.54) is 25.7 Å². The Hall–Kier alpha value is -0.510. The smallest absolute Gasteiger partial charge is 0.242 e. The quantitative estimate of drug-likeness (QED) is 0.853. The second kappa shape index (κ2) is 4.55. The molecule has 3 aliphatic rings. The van der Waals surface area contributed by atoms with Gasteiger partial charge >= 0.3 is 0 Å². The monoisotopic (exact) mass is 266 g/mol. The van der Waals surface area contributed by atoms with Gasteiger partial charge in [0, 0.05) is 0 Å². The molecule has 2 aliphatic carbocycles. The number of carbonyl (C=O) groups excluding carboxylic acids is 1. The van der Waals surface area contributed by atoms with Crippen LogP contribution in [-0.2, 0) is 4.79 Å². The molecule has 1 aliphatic heterocycles. The number of aliphatic imine (C=N–C) groups is 1. The summed E-state index contributed by atoms with van der Waals surface area (Å²) in [4.78, 5) is 16.9. The van der Waals surface area contributed by atoms with Crippen molar-refractivity contribution in [2.45, 2.75) is 63.2 Å². The fraction of sp³-hybridized carbons (Fsp3) is 0.857. The summed E-state index contributed by atoms with van der Waals surface area (Å²) in [6.07, 6.45) is 7.13. The van der Waals surface area contributed by atoms with Crippen molar-refractivity contribution < 1.29 is 4.79 Å². The lowest BCUT2D eigenvalue weighted by Crippen LogP contribution is -2.35. The van der Waals surface area contributed by atoms with E-state index < -0.39 is 0 Å². The summed E-state index contributed by atoms with van der Waals surface area (Å²) in [6, 6.07) is 0.482. The lowest BCUT2D eigenvalue weighted by Gasteiger charge is -2.20. The van der Waals surface area contributed by atoms with Gasteiger partial charge in [-0.3, -0.25) is 9.79 Å². The zero-order valence-electron chi connectivity index (χ0n) is 11.2. The van der Waals surface area contributed by atoms with Gasteiger partial charge in [0.25, 0.3) is 0 Å². The van der Waals surface area contributed by atoms with Crippen molar-refractivity contribution in [1.82, 2.24) is 5.32 Å². The minimum atomic E-state index is -0.254. The largest absolute Gasteiger partial charge is 0.304 e. The van der Waals surface area contributed by atoms with Gasteiger partial charge in [-0.1, -0.05) is 32.0 Å². The highest BCUT2D eigenvalue weighted by Gasteiger charge is 2.45. The average Bonchev–Trinajstić information content (AvgIpc) is 3.04. The molecule has 3 rings (SSSR count). The first-order valence-electron chi connectivity index (χ1n) is 7.25. The molecule has 1 N–H and O–H groups in total. The van der Waals surface area contributed by atoms with E-state index in [1.807, 2.05) is 0 Å². The summed E-state index contributed by atoms with van der Waals surface area (Å²) in [5.74, 6) is 1.87. The normalized spacial score (nSPS) is 39.6. The van der Waals surface area contributed by atoms with Crippen molar-refractivity contribution in [3.63, 3.8) is 0 Å². The molecule has 3 atom stereocenters. The number of nitrogens with one attached hydrogen (secondary N) is 1. The third kappa shape index (κ3) is 1.89. The molecule has 0 aromatic heterocycles. The van der Waals surface area contributed by atoms with Crippen molar-refractivity contribution >= 4 is 22.8 Å². The SMILES string of the molecule is CCC1(CC)SC(=N[C@H]2C[C@H]3CC[C@H]2C3)NC1=O. The maximum atomic E-state index is 12.1. The zero-order chi connectivity index (χ0) is 12.8. The number of rotatable bonds is 3. The van der Waals surface area contributed by atoms with Gasteiger partial charge in [0.15, 0.2) is 5.17 Å². The first-order valence-corrected chi connectivity index (χ1v) is 8.06. The third-order valence-corrected chi connectivity index (χ3v) is 6.61. The van der Waals surface area contributed by atoms with Crippen LogP contribution in [0.25, 0.3) is 0 Å². The van der Waals surface area contributed by atoms with Crippen molar-refractivity contribution in [1.29, 1.82) is 0 Å². The maximum absolute atomic E-state index is 12.1. The molecule has 0 aromatic rings. The second-order valence-corrected chi connectivity index (χ2v) is 7.31. The highest BCUT2D eigenvalue weighted by atomic mass is 32.2. The highest BCUT2D eigenvalue weighted by Crippen LogP contribution is 2.47. The molecule has 3 nitrogen and oxygen atoms in total. The maximum Gasteiger partial charge on any atom is 0.242 e. The van der Waals surface area contributed by atoms with Gasteiger partial charge in [0.1, 0.15) is 4.75 Å². The van der Waals surface area contributed by atoms with E-state index in [0.29, 0.717) is 6.04 Å². The van der Waals surface area contributed by atoms with Crippen LogP contribution in [-0.4, -0.2) is 21.9 Å². The molecule has 1 heterocycles. The van der Waals surface area contributed by atoms with Gasteiger partial charge in [-0.15, -0.1) is 0 Å². The van der Waals surface area contributed by atoms with Crippen molar-refractivity contribution in [3.05, 3.63) is 0 Å². The number of thioether (sulfide) groups is 1. The molecule has 2 bridgehead atoms. The van der Waals surface area contributed by atoms with Crippen LogP contribution in [0.15, 0.2) is 4.99 Å². The highest BCUT2D eigenvalue weighted by molar-refractivity contribution is 8.16. The van der Waals surface area contributed by atoms with E-state index in [4.69, 9.17) is 4.99 Å². The number of amidine groups is 1. The molecule has 1 amide bonds. The Morgan fingerprint density at radius 1 is 1.33 bits per heavy atom. The van der Waals surface area contributed by atoms with Gasteiger partial charge in [-0.05, 0) is 43.9 Å². The number of amides is 1. The van der Waals surface area contributed by atoms with Gasteiger partial charge in [-0.25, -0.2) is 0 Å². The van der Waals surface area contributed by atoms with Crippen molar-refractivity contribution in [2.24, 2.45) is 16.8 Å². The van der Waals surface area contributed by atoms with Crippen LogP contribution >= 0.6 is 11.8 Å². The lowest BCUT2D eigenvalue weighted by atomic mass is 9.96. The standard InChI is InChI=1S/C14H22N2OS/c1-3-14(4-2)12(17)16-13(18-14)15-11-8-9-5-6-10(11)7-9/h9-11H,3-8H2,1-2H3,(H,15,16,17)/t9-,10-,11-/m0/s1. The Morgan fingerprint density at radius 2 is 2.11 bits per heavy atom. The molecule has 0 radical (unpaired) electrons. The number of carbonyl (C=O) groups is 1. The predicted octanol–water partition coefficient (Wildman–Crippen LogP) is 2.95. The minimum absolute atomic E-state index is 0.166. The van der Waals surface area contributed by atoms with Crippen LogP contribution in [0.2, 0.25) is 0 Å². The molecule has 4 heteroatoms. The van der Waals surface area contributed by atoms with Gasteiger partial charge in [0.2, 0.25) is 5.91 Å². The molecule has 0 aromatic carbocycles. The molecule has 2 saturated carbocycles. The van der Waals surface area contributed by atoms with Crippen molar-refractivity contribution in [3.8, 4) is 0 Å². The van der Waals surface area contributed by atoms with E-state index in [9.17, 15) is 4.79 Å². The van der Waals surface area contributed by atoms with E-state index in [0.717, 1.165) is 29.8 Å². The summed E-state index contributed by atoms with van der Waals surface area (Å²) in [5.41, 5.74) is 0. The summed E-state index contributed by atoms with van der Waals surface area (Å²) in [7, 11) is 0. The molecule has 0 spiro atoms. The van der Waals surface area contributed by atoms with E-state index in [-0.39, 0.29) is 10.7 Å². The van der Waals surface area contributed by atoms with E-state index >= 15 is 0 Å². The molecule has 3 fully saturated rings. The third-order valence-electron chi connectivity index (χ3n) is 5.05. The Labute approximate surface area is 113 Å². The van der Waals surface area contributed by atoms with Crippen molar-refractivity contribution in [2.75, 3.05) is 0 Å². The van der Waals surface area contributed by atoms with Gasteiger partial charge in [0.05, 0.1) is 6.04 Å². The van der Waals surface area contributed by atoms with Crippen LogP contribution in [0, 0.1) is 11.8 Å². The van der Waals surface area contributed by atoms with E-state index in [1.54, 1.807) is 11.8 Å². The fourth-order valence-electron chi connectivity index (χ4n) is 3.76. The first-order chi connectivity index (χ1) is 8.66. The Morgan fingerprint density at radius 3 is 2.61 bits per heavy atom. The number of hydrogen-bond acceptors (Lipinski definition) is 3. The lowest BCUT2D eigenvalue weighted by molar-refractivity contribution is -0.121. The van der Waals surface area contributed by atoms with Gasteiger partial charge < -0.3 is 5.32 Å². The average molecular weight is 266 g/mol. The molecule has 100 valence electrons. The number of fused-ring (bicyclic) bond motifs is 2. The van der Waals surface area contributed by atoms with Crippen LogP contribution in [0.5, 0.6) is 0 Å². The molecular weight excluding hydrogens is 244 g/mol. The summed E-state index contributed by atoms with van der Waals surface area (Å²) in [5, 5.41) is 3.90. The van der Waals surface area contributed by atoms with Crippen LogP contribution in [0.4, 0.5) is 0 Å². The zero-order valence-corrected chi connectivity index (χ0v) is 12.1. The molecule has 18 heavy (non-hydrogen) atoms. The summed E-state index contributed by atoms with van der Waals surface area (Å²) >= 11 is 1.67. The Kier molecular flexibility index (Phi) is 3.16. The Bertz CT molecular complexity index is 389. The van der Waals surface area contributed by atoms with Crippen LogP contribution in [0.3, 0.4) is 0 Å². The number of hydrogen-bond donors (Lipinski definition) is 1. The summed E-state index contributed by atoms with van der Waals surface area (Å²) in [6.45, 7) is 4.19. The predicted molar refractivity (Wildman–Crippen MR) is 75.7 cm³/mol. The second-order valence-electron chi connectivity index (χ2n) is 5.93. The van der Waals surface area contributed by atoms with E-state index in [2.05, 4.69) is 19.2 Å². The molecule has 1 saturated heterocycles. The fourth-order valence-corrected chi connectivity index (χ4v) is 4.90. The van der Waals surface area contributed by atoms with Gasteiger partial charge in [-0.2, -0.15) is 0 Å². The minimum Gasteiger partial charge on any atom is -0.304 e. The van der Waals surface area contributed by atoms with Crippen LogP contribution in [0.1, 0.15) is 52.4 Å². The van der Waals surface area contributed by atoms with Crippen LogP contribution < -0.4 is 5.32 Å². The molecular formula is C14H22N2OS. The topological polar surface area (TPSA) is 41.5 Å². The summed E-state index contributed by atoms with van der Waals surface area (Å²) < 4.78 is -0.254. The first kappa shape index (κ1) is 12.5.